The van der Waals surface area contributed by atoms with E-state index in [4.69, 9.17) is 4.74 Å². The summed E-state index contributed by atoms with van der Waals surface area (Å²) in [5.41, 5.74) is 2.67. The molecule has 0 aliphatic heterocycles. The van der Waals surface area contributed by atoms with Gasteiger partial charge in [-0.3, -0.25) is 9.59 Å². The Morgan fingerprint density at radius 1 is 1.00 bits per heavy atom. The molecule has 0 spiro atoms. The topological polar surface area (TPSA) is 64.4 Å². The lowest BCUT2D eigenvalue weighted by molar-refractivity contribution is 0.0628. The maximum absolute atomic E-state index is 13.6. The Labute approximate surface area is 187 Å². The molecule has 1 amide bonds. The Kier molecular flexibility index (Phi) is 5.75. The summed E-state index contributed by atoms with van der Waals surface area (Å²) in [6.07, 6.45) is 5.14. The van der Waals surface area contributed by atoms with Gasteiger partial charge in [0.1, 0.15) is 18.1 Å². The summed E-state index contributed by atoms with van der Waals surface area (Å²) in [5, 5.41) is 4.42. The Hall–Kier alpha value is -3.41. The number of rotatable bonds is 7. The van der Waals surface area contributed by atoms with Crippen LogP contribution in [0.4, 0.5) is 0 Å². The van der Waals surface area contributed by atoms with E-state index >= 15 is 0 Å². The highest BCUT2D eigenvalue weighted by molar-refractivity contribution is 5.93. The van der Waals surface area contributed by atoms with Gasteiger partial charge < -0.3 is 9.64 Å². The number of carbonyl (C=O) groups excluding carboxylic acids is 1. The van der Waals surface area contributed by atoms with Crippen molar-refractivity contribution in [1.29, 1.82) is 0 Å². The molecule has 164 valence electrons. The van der Waals surface area contributed by atoms with Crippen molar-refractivity contribution >= 4 is 5.91 Å². The van der Waals surface area contributed by atoms with Crippen LogP contribution in [0.5, 0.6) is 5.75 Å². The highest BCUT2D eigenvalue weighted by atomic mass is 16.5. The molecule has 2 aliphatic carbocycles. The van der Waals surface area contributed by atoms with E-state index in [1.807, 2.05) is 35.2 Å². The maximum atomic E-state index is 13.6. The number of carbonyl (C=O) groups is 1. The maximum Gasteiger partial charge on any atom is 0.275 e. The lowest BCUT2D eigenvalue weighted by Crippen LogP contribution is -2.40. The molecule has 2 aromatic carbocycles. The largest absolute Gasteiger partial charge is 0.492 e. The first kappa shape index (κ1) is 20.5. The van der Waals surface area contributed by atoms with E-state index in [1.54, 1.807) is 6.07 Å². The number of ether oxygens (including phenoxy) is 1. The molecule has 32 heavy (non-hydrogen) atoms. The Bertz CT molecular complexity index is 1150. The lowest BCUT2D eigenvalue weighted by Gasteiger charge is -2.36. The van der Waals surface area contributed by atoms with Crippen LogP contribution in [0.3, 0.4) is 0 Å². The molecule has 1 aromatic heterocycles. The highest BCUT2D eigenvalue weighted by Gasteiger charge is 2.40. The van der Waals surface area contributed by atoms with Crippen molar-refractivity contribution in [3.05, 3.63) is 93.9 Å². The predicted molar refractivity (Wildman–Crippen MR) is 122 cm³/mol. The molecule has 0 bridgehead atoms. The van der Waals surface area contributed by atoms with Crippen LogP contribution in [-0.2, 0) is 13.0 Å². The number of benzene rings is 2. The van der Waals surface area contributed by atoms with E-state index in [0.29, 0.717) is 12.3 Å². The number of nitrogens with zero attached hydrogens (tertiary/aromatic N) is 3. The zero-order chi connectivity index (χ0) is 21.9. The molecule has 6 heteroatoms. The summed E-state index contributed by atoms with van der Waals surface area (Å²) in [4.78, 5) is 28.0. The molecule has 2 aliphatic rings. The number of hydrogen-bond donors (Lipinski definition) is 0. The fourth-order valence-electron chi connectivity index (χ4n) is 4.55. The van der Waals surface area contributed by atoms with Gasteiger partial charge in [0.2, 0.25) is 0 Å². The van der Waals surface area contributed by atoms with Gasteiger partial charge in [-0.25, -0.2) is 4.68 Å². The van der Waals surface area contributed by atoms with E-state index in [1.165, 1.54) is 21.9 Å². The fraction of sp³-hybridized carbons (Fsp3) is 0.346. The first-order valence-corrected chi connectivity index (χ1v) is 11.4. The zero-order valence-corrected chi connectivity index (χ0v) is 18.0. The van der Waals surface area contributed by atoms with Crippen LogP contribution in [0.2, 0.25) is 0 Å². The second-order valence-electron chi connectivity index (χ2n) is 8.49. The number of aromatic nitrogens is 2. The van der Waals surface area contributed by atoms with Gasteiger partial charge in [-0.2, -0.15) is 5.10 Å². The van der Waals surface area contributed by atoms with Crippen LogP contribution in [-0.4, -0.2) is 33.2 Å². The first-order chi connectivity index (χ1) is 15.7. The quantitative estimate of drug-likeness (QED) is 0.569. The van der Waals surface area contributed by atoms with Crippen molar-refractivity contribution < 1.29 is 9.53 Å². The number of fused-ring (bicyclic) bond motifs is 1. The number of aryl methyl sites for hydroxylation is 1. The van der Waals surface area contributed by atoms with Gasteiger partial charge in [0, 0.05) is 12.1 Å². The van der Waals surface area contributed by atoms with Gasteiger partial charge in [0.15, 0.2) is 0 Å². The molecule has 5 rings (SSSR count). The molecule has 1 saturated carbocycles. The van der Waals surface area contributed by atoms with Gasteiger partial charge >= 0.3 is 0 Å². The summed E-state index contributed by atoms with van der Waals surface area (Å²) < 4.78 is 7.03. The van der Waals surface area contributed by atoms with Crippen molar-refractivity contribution in [2.24, 2.45) is 0 Å². The second-order valence-corrected chi connectivity index (χ2v) is 8.49. The van der Waals surface area contributed by atoms with Gasteiger partial charge in [0.25, 0.3) is 11.5 Å². The Morgan fingerprint density at radius 3 is 2.59 bits per heavy atom. The Morgan fingerprint density at radius 2 is 1.78 bits per heavy atom. The molecule has 0 radical (unpaired) electrons. The summed E-state index contributed by atoms with van der Waals surface area (Å²) in [6.45, 7) is 0.585. The minimum Gasteiger partial charge on any atom is -0.492 e. The van der Waals surface area contributed by atoms with Crippen molar-refractivity contribution in [3.63, 3.8) is 0 Å². The molecule has 0 saturated heterocycles. The van der Waals surface area contributed by atoms with Crippen LogP contribution >= 0.6 is 0 Å². The molecular formula is C26H27N3O3. The normalized spacial score (nSPS) is 17.4. The van der Waals surface area contributed by atoms with Crippen LogP contribution in [0.15, 0.2) is 71.5 Å². The van der Waals surface area contributed by atoms with Gasteiger partial charge in [-0.05, 0) is 61.4 Å². The first-order valence-electron chi connectivity index (χ1n) is 11.4. The van der Waals surface area contributed by atoms with Crippen LogP contribution in [0, 0.1) is 0 Å². The monoisotopic (exact) mass is 429 g/mol. The second kappa shape index (κ2) is 8.99. The van der Waals surface area contributed by atoms with Gasteiger partial charge in [0.05, 0.1) is 12.6 Å². The SMILES string of the molecule is O=C(c1ccc(=O)n(CCOc2ccccc2)n1)N(C1CC1)[C@@H]1CCCc2ccccc21. The van der Waals surface area contributed by atoms with E-state index in [9.17, 15) is 9.59 Å². The third kappa shape index (κ3) is 4.31. The van der Waals surface area contributed by atoms with E-state index in [2.05, 4.69) is 29.4 Å². The van der Waals surface area contributed by atoms with Crippen molar-refractivity contribution in [3.8, 4) is 5.75 Å². The zero-order valence-electron chi connectivity index (χ0n) is 18.0. The third-order valence-corrected chi connectivity index (χ3v) is 6.25. The van der Waals surface area contributed by atoms with Crippen molar-refractivity contribution in [2.75, 3.05) is 6.61 Å². The molecule has 1 heterocycles. The van der Waals surface area contributed by atoms with E-state index in [-0.39, 0.29) is 30.1 Å². The van der Waals surface area contributed by atoms with Gasteiger partial charge in [-0.1, -0.05) is 42.5 Å². The molecular weight excluding hydrogens is 402 g/mol. The standard InChI is InChI=1S/C26H27N3O3/c30-25-16-15-23(27-28(25)17-18-32-21-9-2-1-3-10-21)26(31)29(20-13-14-20)24-12-6-8-19-7-4-5-11-22(19)24/h1-5,7,9-11,15-16,20,24H,6,8,12-14,17-18H2/t24-/m1/s1. The predicted octanol–water partition coefficient (Wildman–Crippen LogP) is 4.00. The van der Waals surface area contributed by atoms with Crippen LogP contribution < -0.4 is 10.3 Å². The number of para-hydroxylation sites is 1. The average Bonchev–Trinajstić information content (AvgIpc) is 3.66. The van der Waals surface area contributed by atoms with E-state index in [0.717, 1.165) is 37.9 Å². The molecule has 3 aromatic rings. The summed E-state index contributed by atoms with van der Waals surface area (Å²) in [5.74, 6) is 0.649. The lowest BCUT2D eigenvalue weighted by atomic mass is 9.86. The van der Waals surface area contributed by atoms with Crippen LogP contribution in [0.25, 0.3) is 0 Å². The molecule has 0 N–H and O–H groups in total. The van der Waals surface area contributed by atoms with Crippen LogP contribution in [0.1, 0.15) is 53.3 Å². The summed E-state index contributed by atoms with van der Waals surface area (Å²) in [7, 11) is 0. The number of hydrogen-bond acceptors (Lipinski definition) is 4. The molecule has 0 unspecified atom stereocenters. The van der Waals surface area contributed by atoms with E-state index < -0.39 is 0 Å². The van der Waals surface area contributed by atoms with Crippen molar-refractivity contribution in [2.45, 2.75) is 50.7 Å². The molecule has 1 fully saturated rings. The fourth-order valence-corrected chi connectivity index (χ4v) is 4.55. The highest BCUT2D eigenvalue weighted by Crippen LogP contribution is 2.41. The Balaban J connectivity index is 1.36. The number of amides is 1. The molecule has 1 atom stereocenters. The summed E-state index contributed by atoms with van der Waals surface area (Å²) >= 11 is 0. The smallest absolute Gasteiger partial charge is 0.275 e. The minimum absolute atomic E-state index is 0.0727. The van der Waals surface area contributed by atoms with Gasteiger partial charge in [-0.15, -0.1) is 0 Å². The molecule has 6 nitrogen and oxygen atoms in total. The average molecular weight is 430 g/mol. The minimum atomic E-state index is -0.237. The third-order valence-electron chi connectivity index (χ3n) is 6.25. The summed E-state index contributed by atoms with van der Waals surface area (Å²) in [6, 6.07) is 21.2. The van der Waals surface area contributed by atoms with Crippen molar-refractivity contribution in [1.82, 2.24) is 14.7 Å².